The van der Waals surface area contributed by atoms with Gasteiger partial charge >= 0.3 is 0 Å². The Bertz CT molecular complexity index is 615. The lowest BCUT2D eigenvalue weighted by Gasteiger charge is -2.32. The number of nitrogens with one attached hydrogen (secondary N) is 1. The summed E-state index contributed by atoms with van der Waals surface area (Å²) in [4.78, 5) is 29.2. The fourth-order valence-corrected chi connectivity index (χ4v) is 2.47. The fourth-order valence-electron chi connectivity index (χ4n) is 2.47. The highest BCUT2D eigenvalue weighted by Crippen LogP contribution is 2.31. The lowest BCUT2D eigenvalue weighted by molar-refractivity contribution is -0.125. The average Bonchev–Trinajstić information content (AvgIpc) is 2.68. The summed E-state index contributed by atoms with van der Waals surface area (Å²) in [5.41, 5.74) is 1.63. The number of hydrogen-bond acceptors (Lipinski definition) is 5. The molecule has 1 fully saturated rings. The van der Waals surface area contributed by atoms with Gasteiger partial charge in [0.05, 0.1) is 12.1 Å². The minimum atomic E-state index is -0.508. The minimum absolute atomic E-state index is 0. The molecule has 0 spiro atoms. The molecule has 3 rings (SSSR count). The van der Waals surface area contributed by atoms with Gasteiger partial charge in [0.15, 0.2) is 0 Å². The van der Waals surface area contributed by atoms with Gasteiger partial charge in [-0.2, -0.15) is 0 Å². The quantitative estimate of drug-likeness (QED) is 0.760. The largest absolute Gasteiger partial charge is 0.508 e. The van der Waals surface area contributed by atoms with E-state index in [9.17, 15) is 14.7 Å². The maximum atomic E-state index is 11.7. The second-order valence-corrected chi connectivity index (χ2v) is 4.73. The van der Waals surface area contributed by atoms with Crippen LogP contribution in [-0.4, -0.2) is 33.7 Å². The van der Waals surface area contributed by atoms with E-state index in [0.717, 1.165) is 11.3 Å². The first kappa shape index (κ1) is 14.3. The zero-order valence-corrected chi connectivity index (χ0v) is 11.6. The van der Waals surface area contributed by atoms with E-state index in [1.165, 1.54) is 0 Å². The number of phenols is 1. The van der Waals surface area contributed by atoms with Crippen molar-refractivity contribution in [2.24, 2.45) is 4.99 Å². The first-order chi connectivity index (χ1) is 9.04. The maximum absolute atomic E-state index is 11.7. The number of benzene rings is 1. The summed E-state index contributed by atoms with van der Waals surface area (Å²) in [7, 11) is 0. The number of rotatable bonds is 1. The highest BCUT2D eigenvalue weighted by Gasteiger charge is 2.37. The van der Waals surface area contributed by atoms with Crippen LogP contribution in [0.2, 0.25) is 0 Å². The van der Waals surface area contributed by atoms with E-state index in [0.29, 0.717) is 12.4 Å². The Morgan fingerprint density at radius 3 is 2.80 bits per heavy atom. The van der Waals surface area contributed by atoms with Crippen LogP contribution in [0.4, 0.5) is 5.69 Å². The van der Waals surface area contributed by atoms with Crippen molar-refractivity contribution < 1.29 is 14.7 Å². The van der Waals surface area contributed by atoms with Crippen LogP contribution in [-0.2, 0) is 16.1 Å². The molecule has 1 aromatic carbocycles. The molecule has 106 valence electrons. The molecular formula is C13H14ClN3O3. The zero-order valence-electron chi connectivity index (χ0n) is 10.8. The van der Waals surface area contributed by atoms with Crippen LogP contribution in [0, 0.1) is 0 Å². The second kappa shape index (κ2) is 5.13. The summed E-state index contributed by atoms with van der Waals surface area (Å²) in [5.74, 6) is 0.320. The first-order valence-electron chi connectivity index (χ1n) is 6.02. The molecule has 0 aliphatic carbocycles. The van der Waals surface area contributed by atoms with Crippen molar-refractivity contribution >= 4 is 35.7 Å². The minimum Gasteiger partial charge on any atom is -0.508 e. The zero-order chi connectivity index (χ0) is 13.6. The predicted octanol–water partition coefficient (Wildman–Crippen LogP) is 1.09. The van der Waals surface area contributed by atoms with Crippen molar-refractivity contribution in [3.05, 3.63) is 23.8 Å². The van der Waals surface area contributed by atoms with Crippen LogP contribution in [0.1, 0.15) is 18.9 Å². The maximum Gasteiger partial charge on any atom is 0.249 e. The summed E-state index contributed by atoms with van der Waals surface area (Å²) in [6.45, 7) is 2.27. The molecule has 2 aliphatic rings. The molecule has 2 N–H and O–H groups in total. The van der Waals surface area contributed by atoms with Gasteiger partial charge in [0.2, 0.25) is 11.8 Å². The Kier molecular flexibility index (Phi) is 3.67. The first-order valence-corrected chi connectivity index (χ1v) is 6.02. The summed E-state index contributed by atoms with van der Waals surface area (Å²) in [5, 5.41) is 11.8. The molecule has 0 radical (unpaired) electrons. The van der Waals surface area contributed by atoms with E-state index in [1.807, 2.05) is 6.92 Å². The van der Waals surface area contributed by atoms with Gasteiger partial charge in [-0.15, -0.1) is 12.4 Å². The SMILES string of the molecule is CC1=Nc2ccc(O)cc2CN1C1CC(=O)NC1=O.Cl. The third-order valence-corrected chi connectivity index (χ3v) is 3.42. The van der Waals surface area contributed by atoms with Crippen molar-refractivity contribution in [3.8, 4) is 5.75 Å². The molecule has 20 heavy (non-hydrogen) atoms. The molecule has 2 heterocycles. The Morgan fingerprint density at radius 2 is 2.15 bits per heavy atom. The van der Waals surface area contributed by atoms with Crippen LogP contribution in [0.15, 0.2) is 23.2 Å². The van der Waals surface area contributed by atoms with Gasteiger partial charge in [0, 0.05) is 12.1 Å². The number of phenolic OH excluding ortho intramolecular Hbond substituents is 1. The van der Waals surface area contributed by atoms with Crippen molar-refractivity contribution in [2.75, 3.05) is 0 Å². The third kappa shape index (κ3) is 2.34. The topological polar surface area (TPSA) is 82.0 Å². The Hall–Kier alpha value is -2.08. The van der Waals surface area contributed by atoms with Crippen LogP contribution in [0.5, 0.6) is 5.75 Å². The number of aliphatic imine (C=N–C) groups is 1. The van der Waals surface area contributed by atoms with Crippen LogP contribution >= 0.6 is 12.4 Å². The van der Waals surface area contributed by atoms with Gasteiger partial charge in [-0.3, -0.25) is 14.9 Å². The highest BCUT2D eigenvalue weighted by atomic mass is 35.5. The van der Waals surface area contributed by atoms with Gasteiger partial charge in [0.25, 0.3) is 0 Å². The lowest BCUT2D eigenvalue weighted by atomic mass is 10.1. The van der Waals surface area contributed by atoms with E-state index in [-0.39, 0.29) is 36.4 Å². The fraction of sp³-hybridized carbons (Fsp3) is 0.308. The monoisotopic (exact) mass is 295 g/mol. The molecule has 2 amide bonds. The standard InChI is InChI=1S/C13H13N3O3.ClH/c1-7-14-10-3-2-9(17)4-8(10)6-16(7)11-5-12(18)15-13(11)19;/h2-4,11,17H,5-6H2,1H3,(H,15,18,19);1H. The number of amidine groups is 1. The molecule has 1 saturated heterocycles. The molecule has 0 aromatic heterocycles. The number of fused-ring (bicyclic) bond motifs is 1. The number of imide groups is 1. The van der Waals surface area contributed by atoms with Crippen molar-refractivity contribution in [3.63, 3.8) is 0 Å². The van der Waals surface area contributed by atoms with E-state index in [4.69, 9.17) is 0 Å². The van der Waals surface area contributed by atoms with Crippen LogP contribution < -0.4 is 5.32 Å². The third-order valence-electron chi connectivity index (χ3n) is 3.42. The summed E-state index contributed by atoms with van der Waals surface area (Å²) >= 11 is 0. The number of aromatic hydroxyl groups is 1. The number of amides is 2. The van der Waals surface area contributed by atoms with Crippen LogP contribution in [0.25, 0.3) is 0 Å². The van der Waals surface area contributed by atoms with Gasteiger partial charge in [-0.25, -0.2) is 4.99 Å². The molecule has 0 saturated carbocycles. The van der Waals surface area contributed by atoms with E-state index >= 15 is 0 Å². The number of carbonyl (C=O) groups is 2. The molecule has 0 bridgehead atoms. The molecule has 1 unspecified atom stereocenters. The average molecular weight is 296 g/mol. The second-order valence-electron chi connectivity index (χ2n) is 4.73. The Labute approximate surface area is 121 Å². The molecule has 1 atom stereocenters. The number of halogens is 1. The van der Waals surface area contributed by atoms with Gasteiger partial charge < -0.3 is 10.0 Å². The molecule has 6 nitrogen and oxygen atoms in total. The van der Waals surface area contributed by atoms with Crippen molar-refractivity contribution in [2.45, 2.75) is 25.9 Å². The number of nitrogens with zero attached hydrogens (tertiary/aromatic N) is 2. The molecule has 7 heteroatoms. The highest BCUT2D eigenvalue weighted by molar-refractivity contribution is 6.07. The predicted molar refractivity (Wildman–Crippen MR) is 75.2 cm³/mol. The van der Waals surface area contributed by atoms with E-state index < -0.39 is 6.04 Å². The molecule has 1 aromatic rings. The van der Waals surface area contributed by atoms with Gasteiger partial charge in [-0.05, 0) is 25.1 Å². The van der Waals surface area contributed by atoms with Crippen LogP contribution in [0.3, 0.4) is 0 Å². The Morgan fingerprint density at radius 1 is 1.40 bits per heavy atom. The Balaban J connectivity index is 0.00000147. The van der Waals surface area contributed by atoms with Gasteiger partial charge in [0.1, 0.15) is 17.6 Å². The summed E-state index contributed by atoms with van der Waals surface area (Å²) in [6.07, 6.45) is 0.153. The normalized spacial score (nSPS) is 20.9. The number of hydrogen-bond donors (Lipinski definition) is 2. The summed E-state index contributed by atoms with van der Waals surface area (Å²) < 4.78 is 0. The molecule has 2 aliphatic heterocycles. The van der Waals surface area contributed by atoms with Gasteiger partial charge in [-0.1, -0.05) is 0 Å². The number of carbonyl (C=O) groups excluding carboxylic acids is 2. The van der Waals surface area contributed by atoms with E-state index in [2.05, 4.69) is 10.3 Å². The smallest absolute Gasteiger partial charge is 0.249 e. The van der Waals surface area contributed by atoms with Crippen molar-refractivity contribution in [1.29, 1.82) is 0 Å². The summed E-state index contributed by atoms with van der Waals surface area (Å²) in [6, 6.07) is 4.45. The van der Waals surface area contributed by atoms with E-state index in [1.54, 1.807) is 23.1 Å². The van der Waals surface area contributed by atoms with Crippen molar-refractivity contribution in [1.82, 2.24) is 10.2 Å². The lowest BCUT2D eigenvalue weighted by Crippen LogP contribution is -2.44. The molecular weight excluding hydrogens is 282 g/mol.